The highest BCUT2D eigenvalue weighted by Gasteiger charge is 2.15. The predicted octanol–water partition coefficient (Wildman–Crippen LogP) is 3.29. The molecule has 0 fully saturated rings. The van der Waals surface area contributed by atoms with Gasteiger partial charge in [-0.1, -0.05) is 45.0 Å². The number of anilines is 1. The second-order valence-corrected chi connectivity index (χ2v) is 7.91. The molecule has 2 N–H and O–H groups in total. The van der Waals surface area contributed by atoms with Crippen molar-refractivity contribution in [3.63, 3.8) is 0 Å². The fourth-order valence-corrected chi connectivity index (χ4v) is 3.29. The monoisotopic (exact) mass is 360 g/mol. The molecule has 2 aromatic rings. The van der Waals surface area contributed by atoms with E-state index in [1.54, 1.807) is 36.4 Å². The highest BCUT2D eigenvalue weighted by atomic mass is 32.2. The lowest BCUT2D eigenvalue weighted by molar-refractivity contribution is -0.115. The molecule has 0 aliphatic rings. The van der Waals surface area contributed by atoms with Crippen molar-refractivity contribution in [3.05, 3.63) is 59.7 Å². The predicted molar refractivity (Wildman–Crippen MR) is 100 cm³/mol. The van der Waals surface area contributed by atoms with Gasteiger partial charge in [0.1, 0.15) is 0 Å². The van der Waals surface area contributed by atoms with Gasteiger partial charge in [0.2, 0.25) is 15.9 Å². The van der Waals surface area contributed by atoms with E-state index in [1.165, 1.54) is 5.56 Å². The summed E-state index contributed by atoms with van der Waals surface area (Å²) in [4.78, 5) is 12.1. The Hall–Kier alpha value is -2.18. The number of carbonyl (C=O) groups is 1. The van der Waals surface area contributed by atoms with Crippen LogP contribution in [0, 0.1) is 0 Å². The summed E-state index contributed by atoms with van der Waals surface area (Å²) >= 11 is 0. The molecule has 25 heavy (non-hydrogen) atoms. The highest BCUT2D eigenvalue weighted by Crippen LogP contribution is 2.17. The van der Waals surface area contributed by atoms with Crippen LogP contribution < -0.4 is 10.0 Å². The molecule has 0 radical (unpaired) electrons. The molecular weight excluding hydrogens is 336 g/mol. The Balaban J connectivity index is 1.95. The van der Waals surface area contributed by atoms with Gasteiger partial charge in [0.25, 0.3) is 0 Å². The molecule has 6 heteroatoms. The summed E-state index contributed by atoms with van der Waals surface area (Å²) in [7, 11) is -3.71. The molecule has 0 atom stereocenters. The van der Waals surface area contributed by atoms with Crippen LogP contribution in [0.5, 0.6) is 0 Å². The Morgan fingerprint density at radius 3 is 2.12 bits per heavy atom. The number of sulfonamides is 1. The Bertz CT molecular complexity index is 811. The molecule has 2 rings (SSSR count). The number of nitrogens with one attached hydrogen (secondary N) is 2. The number of hydrogen-bond acceptors (Lipinski definition) is 3. The molecule has 0 heterocycles. The molecule has 134 valence electrons. The van der Waals surface area contributed by atoms with Gasteiger partial charge < -0.3 is 5.32 Å². The molecule has 0 saturated carbocycles. The first-order valence-corrected chi connectivity index (χ1v) is 9.78. The van der Waals surface area contributed by atoms with Crippen molar-refractivity contribution >= 4 is 21.6 Å². The first kappa shape index (κ1) is 19.1. The Labute approximate surface area is 149 Å². The largest absolute Gasteiger partial charge is 0.325 e. The van der Waals surface area contributed by atoms with Crippen molar-refractivity contribution in [2.45, 2.75) is 38.0 Å². The van der Waals surface area contributed by atoms with Gasteiger partial charge in [-0.25, -0.2) is 13.1 Å². The molecule has 0 unspecified atom stereocenters. The highest BCUT2D eigenvalue weighted by molar-refractivity contribution is 7.89. The number of aryl methyl sites for hydroxylation is 1. The number of rotatable bonds is 7. The van der Waals surface area contributed by atoms with Gasteiger partial charge in [-0.15, -0.1) is 0 Å². The van der Waals surface area contributed by atoms with Crippen molar-refractivity contribution in [2.24, 2.45) is 0 Å². The zero-order chi connectivity index (χ0) is 18.4. The summed E-state index contributed by atoms with van der Waals surface area (Å²) in [6.07, 6.45) is 0.920. The van der Waals surface area contributed by atoms with Crippen LogP contribution in [0.25, 0.3) is 0 Å². The quantitative estimate of drug-likeness (QED) is 0.795. The molecule has 2 aromatic carbocycles. The Morgan fingerprint density at radius 1 is 1.00 bits per heavy atom. The van der Waals surface area contributed by atoms with Gasteiger partial charge in [-0.3, -0.25) is 4.79 Å². The molecule has 5 nitrogen and oxygen atoms in total. The van der Waals surface area contributed by atoms with E-state index >= 15 is 0 Å². The van der Waals surface area contributed by atoms with E-state index in [-0.39, 0.29) is 11.4 Å². The standard InChI is InChI=1S/C19H24N2O3S/c1-4-15-5-9-17(10-6-15)21-19(22)13-20-25(23,24)18-11-7-16(8-12-18)14(2)3/h5-12,14,20H,4,13H2,1-3H3,(H,21,22). The molecular formula is C19H24N2O3S. The van der Waals surface area contributed by atoms with Crippen molar-refractivity contribution in [3.8, 4) is 0 Å². The third-order valence-corrected chi connectivity index (χ3v) is 5.34. The van der Waals surface area contributed by atoms with Crippen molar-refractivity contribution in [1.82, 2.24) is 4.72 Å². The molecule has 0 spiro atoms. The lowest BCUT2D eigenvalue weighted by Gasteiger charge is -2.10. The molecule has 0 aliphatic carbocycles. The SMILES string of the molecule is CCc1ccc(NC(=O)CNS(=O)(=O)c2ccc(C(C)C)cc2)cc1. The van der Waals surface area contributed by atoms with Crippen LogP contribution in [0.2, 0.25) is 0 Å². The van der Waals surface area contributed by atoms with Crippen LogP contribution in [-0.2, 0) is 21.2 Å². The third kappa shape index (κ3) is 5.41. The van der Waals surface area contributed by atoms with E-state index in [4.69, 9.17) is 0 Å². The topological polar surface area (TPSA) is 75.3 Å². The summed E-state index contributed by atoms with van der Waals surface area (Å²) in [5.74, 6) is -0.0822. The number of benzene rings is 2. The van der Waals surface area contributed by atoms with E-state index in [0.29, 0.717) is 11.6 Å². The summed E-state index contributed by atoms with van der Waals surface area (Å²) in [6.45, 7) is 5.82. The maximum Gasteiger partial charge on any atom is 0.241 e. The molecule has 0 bridgehead atoms. The second-order valence-electron chi connectivity index (χ2n) is 6.15. The minimum atomic E-state index is -3.71. The van der Waals surface area contributed by atoms with Crippen LogP contribution in [0.15, 0.2) is 53.4 Å². The lowest BCUT2D eigenvalue weighted by Crippen LogP contribution is -2.32. The van der Waals surface area contributed by atoms with Gasteiger partial charge in [-0.2, -0.15) is 0 Å². The Morgan fingerprint density at radius 2 is 1.60 bits per heavy atom. The summed E-state index contributed by atoms with van der Waals surface area (Å²) in [6, 6.07) is 14.1. The smallest absolute Gasteiger partial charge is 0.241 e. The van der Waals surface area contributed by atoms with E-state index in [0.717, 1.165) is 12.0 Å². The molecule has 1 amide bonds. The first-order valence-electron chi connectivity index (χ1n) is 8.30. The first-order chi connectivity index (χ1) is 11.8. The van der Waals surface area contributed by atoms with Crippen LogP contribution in [0.4, 0.5) is 5.69 Å². The van der Waals surface area contributed by atoms with E-state index in [9.17, 15) is 13.2 Å². The van der Waals surface area contributed by atoms with Crippen molar-refractivity contribution in [2.75, 3.05) is 11.9 Å². The number of amides is 1. The van der Waals surface area contributed by atoms with E-state index in [1.807, 2.05) is 26.0 Å². The zero-order valence-corrected chi connectivity index (χ0v) is 15.6. The number of carbonyl (C=O) groups excluding carboxylic acids is 1. The van der Waals surface area contributed by atoms with Crippen LogP contribution in [0.3, 0.4) is 0 Å². The third-order valence-electron chi connectivity index (χ3n) is 3.93. The van der Waals surface area contributed by atoms with Crippen LogP contribution in [-0.4, -0.2) is 20.9 Å². The second kappa shape index (κ2) is 8.27. The maximum atomic E-state index is 12.3. The van der Waals surface area contributed by atoms with E-state index in [2.05, 4.69) is 17.0 Å². The lowest BCUT2D eigenvalue weighted by atomic mass is 10.0. The fraction of sp³-hybridized carbons (Fsp3) is 0.316. The van der Waals surface area contributed by atoms with Crippen molar-refractivity contribution in [1.29, 1.82) is 0 Å². The molecule has 0 saturated heterocycles. The van der Waals surface area contributed by atoms with Gasteiger partial charge in [0.05, 0.1) is 11.4 Å². The summed E-state index contributed by atoms with van der Waals surface area (Å²) in [5.41, 5.74) is 2.87. The minimum absolute atomic E-state index is 0.150. The minimum Gasteiger partial charge on any atom is -0.325 e. The molecule has 0 aromatic heterocycles. The summed E-state index contributed by atoms with van der Waals surface area (Å²) in [5, 5.41) is 2.68. The molecule has 0 aliphatic heterocycles. The summed E-state index contributed by atoms with van der Waals surface area (Å²) < 4.78 is 26.9. The van der Waals surface area contributed by atoms with Gasteiger partial charge in [0, 0.05) is 5.69 Å². The maximum absolute atomic E-state index is 12.3. The fourth-order valence-electron chi connectivity index (χ4n) is 2.30. The normalized spacial score (nSPS) is 11.5. The van der Waals surface area contributed by atoms with Gasteiger partial charge in [-0.05, 0) is 47.7 Å². The van der Waals surface area contributed by atoms with Crippen LogP contribution >= 0.6 is 0 Å². The zero-order valence-electron chi connectivity index (χ0n) is 14.7. The average molecular weight is 360 g/mol. The van der Waals surface area contributed by atoms with Crippen LogP contribution in [0.1, 0.15) is 37.8 Å². The average Bonchev–Trinajstić information content (AvgIpc) is 2.61. The number of hydrogen-bond donors (Lipinski definition) is 2. The van der Waals surface area contributed by atoms with Gasteiger partial charge >= 0.3 is 0 Å². The van der Waals surface area contributed by atoms with Crippen molar-refractivity contribution < 1.29 is 13.2 Å². The Kier molecular flexibility index (Phi) is 6.33. The van der Waals surface area contributed by atoms with Gasteiger partial charge in [0.15, 0.2) is 0 Å². The van der Waals surface area contributed by atoms with E-state index < -0.39 is 15.9 Å².